The van der Waals surface area contributed by atoms with Crippen molar-refractivity contribution in [1.82, 2.24) is 0 Å². The van der Waals surface area contributed by atoms with Gasteiger partial charge in [0.15, 0.2) is 6.29 Å². The molecule has 4 heteroatoms. The van der Waals surface area contributed by atoms with Gasteiger partial charge in [-0.3, -0.25) is 4.79 Å². The molecule has 2 atom stereocenters. The van der Waals surface area contributed by atoms with E-state index in [0.717, 1.165) is 31.3 Å². The number of rotatable bonds is 8. The molecule has 1 heterocycles. The molecule has 1 aliphatic heterocycles. The van der Waals surface area contributed by atoms with E-state index in [2.05, 4.69) is 13.8 Å². The van der Waals surface area contributed by atoms with Gasteiger partial charge < -0.3 is 14.4 Å². The zero-order chi connectivity index (χ0) is 15.8. The van der Waals surface area contributed by atoms with E-state index in [9.17, 15) is 4.79 Å². The van der Waals surface area contributed by atoms with Crippen molar-refractivity contribution in [2.24, 2.45) is 11.8 Å². The number of carbonyl (C=O) groups excluding carboxylic acids is 1. The van der Waals surface area contributed by atoms with Gasteiger partial charge in [0.1, 0.15) is 18.9 Å². The van der Waals surface area contributed by atoms with Crippen molar-refractivity contribution in [2.45, 2.75) is 20.3 Å². The molecule has 1 N–H and O–H groups in total. The first-order valence-corrected chi connectivity index (χ1v) is 8.27. The molecule has 1 aromatic rings. The molecule has 0 aliphatic carbocycles. The average molecular weight is 306 g/mol. The normalized spacial score (nSPS) is 24.9. The molecule has 0 saturated carbocycles. The van der Waals surface area contributed by atoms with Gasteiger partial charge in [-0.05, 0) is 18.6 Å². The highest BCUT2D eigenvalue weighted by Gasteiger charge is 2.24. The summed E-state index contributed by atoms with van der Waals surface area (Å²) in [7, 11) is 0. The maximum absolute atomic E-state index is 10.9. The van der Waals surface area contributed by atoms with Crippen LogP contribution in [0.4, 0.5) is 0 Å². The number of para-hydroxylation sites is 1. The number of hydrogen-bond acceptors (Lipinski definition) is 3. The van der Waals surface area contributed by atoms with E-state index in [0.29, 0.717) is 24.5 Å². The van der Waals surface area contributed by atoms with Crippen molar-refractivity contribution >= 4 is 6.29 Å². The largest absolute Gasteiger partial charge is 0.490 e. The summed E-state index contributed by atoms with van der Waals surface area (Å²) in [6.07, 6.45) is 2.17. The van der Waals surface area contributed by atoms with Crippen molar-refractivity contribution in [3.05, 3.63) is 29.8 Å². The van der Waals surface area contributed by atoms with Crippen molar-refractivity contribution in [3.63, 3.8) is 0 Å². The highest BCUT2D eigenvalue weighted by molar-refractivity contribution is 5.79. The smallest absolute Gasteiger partial charge is 0.153 e. The second-order valence-corrected chi connectivity index (χ2v) is 6.47. The summed E-state index contributed by atoms with van der Waals surface area (Å²) in [5.74, 6) is 2.27. The lowest BCUT2D eigenvalue weighted by atomic mass is 9.92. The van der Waals surface area contributed by atoms with Gasteiger partial charge >= 0.3 is 0 Å². The molecule has 1 fully saturated rings. The van der Waals surface area contributed by atoms with Gasteiger partial charge in [-0.2, -0.15) is 0 Å². The average Bonchev–Trinajstić information content (AvgIpc) is 2.50. The van der Waals surface area contributed by atoms with E-state index in [4.69, 9.17) is 9.47 Å². The number of carbonyl (C=O) groups is 1. The lowest BCUT2D eigenvalue weighted by Gasteiger charge is -2.31. The van der Waals surface area contributed by atoms with Gasteiger partial charge in [0.25, 0.3) is 0 Å². The van der Waals surface area contributed by atoms with E-state index < -0.39 is 0 Å². The molecule has 0 aromatic heterocycles. The van der Waals surface area contributed by atoms with Gasteiger partial charge in [0.2, 0.25) is 0 Å². The summed E-state index contributed by atoms with van der Waals surface area (Å²) in [6.45, 7) is 10.1. The fourth-order valence-electron chi connectivity index (χ4n) is 3.37. The number of ether oxygens (including phenoxy) is 2. The number of quaternary nitrogens is 1. The Hall–Kier alpha value is -1.39. The first-order valence-electron chi connectivity index (χ1n) is 8.27. The second kappa shape index (κ2) is 8.91. The van der Waals surface area contributed by atoms with Gasteiger partial charge in [-0.15, -0.1) is 0 Å². The van der Waals surface area contributed by atoms with Gasteiger partial charge in [-0.25, -0.2) is 0 Å². The van der Waals surface area contributed by atoms with Crippen LogP contribution in [0.3, 0.4) is 0 Å². The molecule has 0 spiro atoms. The Labute approximate surface area is 133 Å². The molecule has 4 nitrogen and oxygen atoms in total. The molecule has 122 valence electrons. The molecule has 0 radical (unpaired) electrons. The maximum Gasteiger partial charge on any atom is 0.153 e. The van der Waals surface area contributed by atoms with Crippen LogP contribution in [-0.4, -0.2) is 45.7 Å². The fraction of sp³-hybridized carbons (Fsp3) is 0.611. The Morgan fingerprint density at radius 2 is 1.86 bits per heavy atom. The third-order valence-corrected chi connectivity index (χ3v) is 4.21. The van der Waals surface area contributed by atoms with Crippen molar-refractivity contribution < 1.29 is 19.2 Å². The third kappa shape index (κ3) is 5.43. The number of hydrogen-bond donors (Lipinski definition) is 1. The summed E-state index contributed by atoms with van der Waals surface area (Å²) < 4.78 is 11.3. The predicted octanol–water partition coefficient (Wildman–Crippen LogP) is 1.46. The van der Waals surface area contributed by atoms with Gasteiger partial charge in [-0.1, -0.05) is 26.0 Å². The Bertz CT molecular complexity index is 453. The van der Waals surface area contributed by atoms with E-state index in [1.54, 1.807) is 11.0 Å². The lowest BCUT2D eigenvalue weighted by molar-refractivity contribution is -0.912. The molecular weight excluding hydrogens is 278 g/mol. The minimum atomic E-state index is 0.479. The van der Waals surface area contributed by atoms with Crippen LogP contribution < -0.4 is 9.64 Å². The van der Waals surface area contributed by atoms with E-state index >= 15 is 0 Å². The first-order chi connectivity index (χ1) is 10.7. The quantitative estimate of drug-likeness (QED) is 0.584. The Balaban J connectivity index is 1.59. The van der Waals surface area contributed by atoms with Crippen LogP contribution in [0.15, 0.2) is 24.3 Å². The molecule has 1 aliphatic rings. The Morgan fingerprint density at radius 3 is 2.59 bits per heavy atom. The van der Waals surface area contributed by atoms with Gasteiger partial charge in [0, 0.05) is 11.8 Å². The monoisotopic (exact) mass is 306 g/mol. The van der Waals surface area contributed by atoms with E-state index in [1.165, 1.54) is 19.5 Å². The van der Waals surface area contributed by atoms with Crippen molar-refractivity contribution in [3.8, 4) is 5.75 Å². The minimum absolute atomic E-state index is 0.479. The Morgan fingerprint density at radius 1 is 1.14 bits per heavy atom. The van der Waals surface area contributed by atoms with Crippen molar-refractivity contribution in [2.75, 3.05) is 39.5 Å². The molecular formula is C18H28NO3+. The van der Waals surface area contributed by atoms with Crippen LogP contribution in [-0.2, 0) is 4.74 Å². The van der Waals surface area contributed by atoms with E-state index in [1.807, 2.05) is 18.2 Å². The standard InChI is InChI=1S/C18H27NO3/c1-15-11-16(2)13-19(12-15)7-8-21-9-10-22-18-6-4-3-5-17(18)14-20/h3-6,14-16H,7-13H2,1-2H3/p+1/t15-,16-/m0/s1. The molecule has 0 unspecified atom stereocenters. The van der Waals surface area contributed by atoms with Crippen LogP contribution in [0.25, 0.3) is 0 Å². The van der Waals surface area contributed by atoms with Crippen LogP contribution >= 0.6 is 0 Å². The molecule has 2 rings (SSSR count). The Kier molecular flexibility index (Phi) is 6.87. The topological polar surface area (TPSA) is 40.0 Å². The summed E-state index contributed by atoms with van der Waals surface area (Å²) >= 11 is 0. The highest BCUT2D eigenvalue weighted by atomic mass is 16.5. The summed E-state index contributed by atoms with van der Waals surface area (Å²) in [5, 5.41) is 0. The SMILES string of the molecule is C[C@H]1C[C@H](C)C[NH+](CCOCCOc2ccccc2C=O)C1. The van der Waals surface area contributed by atoms with Crippen LogP contribution in [0.1, 0.15) is 30.6 Å². The second-order valence-electron chi connectivity index (χ2n) is 6.47. The molecule has 1 aromatic carbocycles. The zero-order valence-corrected chi connectivity index (χ0v) is 13.7. The molecule has 1 saturated heterocycles. The summed E-state index contributed by atoms with van der Waals surface area (Å²) in [4.78, 5) is 12.5. The van der Waals surface area contributed by atoms with E-state index in [-0.39, 0.29) is 0 Å². The number of piperidine rings is 1. The lowest BCUT2D eigenvalue weighted by Crippen LogP contribution is -3.14. The van der Waals surface area contributed by atoms with Crippen molar-refractivity contribution in [1.29, 1.82) is 0 Å². The van der Waals surface area contributed by atoms with Crippen LogP contribution in [0.5, 0.6) is 5.75 Å². The zero-order valence-electron chi connectivity index (χ0n) is 13.7. The van der Waals surface area contributed by atoms with Crippen LogP contribution in [0.2, 0.25) is 0 Å². The van der Waals surface area contributed by atoms with Crippen LogP contribution in [0, 0.1) is 11.8 Å². The molecule has 22 heavy (non-hydrogen) atoms. The number of likely N-dealkylation sites (tertiary alicyclic amines) is 1. The third-order valence-electron chi connectivity index (χ3n) is 4.21. The fourth-order valence-corrected chi connectivity index (χ4v) is 3.37. The number of nitrogens with one attached hydrogen (secondary N) is 1. The first kappa shape index (κ1) is 17.0. The summed E-state index contributed by atoms with van der Waals surface area (Å²) in [6, 6.07) is 7.26. The summed E-state index contributed by atoms with van der Waals surface area (Å²) in [5.41, 5.74) is 0.586. The maximum atomic E-state index is 10.9. The molecule has 0 amide bonds. The number of aldehydes is 1. The minimum Gasteiger partial charge on any atom is -0.490 e. The molecule has 0 bridgehead atoms. The number of benzene rings is 1. The van der Waals surface area contributed by atoms with Gasteiger partial charge in [0.05, 0.1) is 31.9 Å². The highest BCUT2D eigenvalue weighted by Crippen LogP contribution is 2.15. The predicted molar refractivity (Wildman–Crippen MR) is 86.7 cm³/mol.